The van der Waals surface area contributed by atoms with Crippen LogP contribution in [0.25, 0.3) is 0 Å². The zero-order valence-electron chi connectivity index (χ0n) is 12.7. The van der Waals surface area contributed by atoms with E-state index in [1.54, 1.807) is 6.20 Å². The lowest BCUT2D eigenvalue weighted by molar-refractivity contribution is -0.137. The Labute approximate surface area is 129 Å². The number of carbonyl (C=O) groups excluding carboxylic acids is 2. The topological polar surface area (TPSA) is 69.3 Å². The molecule has 0 bridgehead atoms. The minimum atomic E-state index is -0.131. The summed E-state index contributed by atoms with van der Waals surface area (Å²) < 4.78 is 0. The molecule has 2 amide bonds. The summed E-state index contributed by atoms with van der Waals surface area (Å²) in [6, 6.07) is 2.41. The first-order chi connectivity index (χ1) is 10.7. The van der Waals surface area contributed by atoms with Gasteiger partial charge in [-0.3, -0.25) is 14.7 Å². The standard InChI is InChI=1S/C16H22N4O2/c21-15-8-12(10-20(15)13-3-4-13)16(22)19-7-1-2-11(9-19)14-5-6-17-18-14/h5-6,11-13H,1-4,7-10H2,(H,17,18)/t11-,12-/m1/s1. The minimum absolute atomic E-state index is 0.131. The van der Waals surface area contributed by atoms with Crippen LogP contribution in [0.15, 0.2) is 12.3 Å². The number of aromatic amines is 1. The number of rotatable bonds is 3. The molecule has 0 spiro atoms. The van der Waals surface area contributed by atoms with Crippen molar-refractivity contribution >= 4 is 11.8 Å². The molecule has 0 radical (unpaired) electrons. The number of nitrogens with zero attached hydrogens (tertiary/aromatic N) is 3. The van der Waals surface area contributed by atoms with Crippen LogP contribution in [0.4, 0.5) is 0 Å². The fraction of sp³-hybridized carbons (Fsp3) is 0.688. The van der Waals surface area contributed by atoms with Crippen LogP contribution in [0.1, 0.15) is 43.7 Å². The monoisotopic (exact) mass is 302 g/mol. The first-order valence-electron chi connectivity index (χ1n) is 8.30. The molecule has 118 valence electrons. The smallest absolute Gasteiger partial charge is 0.228 e. The van der Waals surface area contributed by atoms with Gasteiger partial charge in [0.1, 0.15) is 0 Å². The molecule has 1 aliphatic carbocycles. The van der Waals surface area contributed by atoms with Crippen molar-refractivity contribution in [1.29, 1.82) is 0 Å². The molecule has 3 aliphatic rings. The van der Waals surface area contributed by atoms with Crippen molar-refractivity contribution in [2.24, 2.45) is 5.92 Å². The lowest BCUT2D eigenvalue weighted by Gasteiger charge is -2.33. The summed E-state index contributed by atoms with van der Waals surface area (Å²) >= 11 is 0. The van der Waals surface area contributed by atoms with Crippen molar-refractivity contribution in [2.45, 2.75) is 44.1 Å². The minimum Gasteiger partial charge on any atom is -0.342 e. The lowest BCUT2D eigenvalue weighted by atomic mass is 9.93. The highest BCUT2D eigenvalue weighted by molar-refractivity contribution is 5.89. The van der Waals surface area contributed by atoms with Gasteiger partial charge < -0.3 is 9.80 Å². The molecule has 2 aliphatic heterocycles. The summed E-state index contributed by atoms with van der Waals surface area (Å²) in [4.78, 5) is 28.7. The third kappa shape index (κ3) is 2.51. The molecule has 6 heteroatoms. The molecule has 4 rings (SSSR count). The highest BCUT2D eigenvalue weighted by atomic mass is 16.2. The van der Waals surface area contributed by atoms with Crippen molar-refractivity contribution in [3.8, 4) is 0 Å². The van der Waals surface area contributed by atoms with E-state index in [-0.39, 0.29) is 17.7 Å². The van der Waals surface area contributed by atoms with Crippen LogP contribution in [-0.4, -0.2) is 57.5 Å². The Morgan fingerprint density at radius 1 is 1.27 bits per heavy atom. The SMILES string of the molecule is O=C([C@@H]1CC(=O)N(C2CC2)C1)N1CCC[C@@H](c2ccn[nH]2)C1. The third-order valence-corrected chi connectivity index (χ3v) is 5.19. The maximum Gasteiger partial charge on any atom is 0.228 e. The first kappa shape index (κ1) is 13.8. The molecule has 1 N–H and O–H groups in total. The molecular formula is C16H22N4O2. The van der Waals surface area contributed by atoms with Gasteiger partial charge in [-0.1, -0.05) is 0 Å². The Morgan fingerprint density at radius 2 is 2.14 bits per heavy atom. The summed E-state index contributed by atoms with van der Waals surface area (Å²) in [6.07, 6.45) is 6.49. The highest BCUT2D eigenvalue weighted by Gasteiger charge is 2.43. The van der Waals surface area contributed by atoms with Gasteiger partial charge in [0.15, 0.2) is 0 Å². The Morgan fingerprint density at radius 3 is 2.86 bits per heavy atom. The quantitative estimate of drug-likeness (QED) is 0.910. The molecular weight excluding hydrogens is 280 g/mol. The Kier molecular flexibility index (Phi) is 3.39. The second-order valence-electron chi connectivity index (χ2n) is 6.81. The maximum atomic E-state index is 12.8. The van der Waals surface area contributed by atoms with Crippen LogP contribution >= 0.6 is 0 Å². The predicted molar refractivity (Wildman–Crippen MR) is 80.0 cm³/mol. The summed E-state index contributed by atoms with van der Waals surface area (Å²) in [5.74, 6) is 0.550. The maximum absolute atomic E-state index is 12.8. The summed E-state index contributed by atoms with van der Waals surface area (Å²) in [5, 5.41) is 7.03. The second kappa shape index (κ2) is 5.41. The average Bonchev–Trinajstić information content (AvgIpc) is 3.09. The zero-order chi connectivity index (χ0) is 15.1. The number of likely N-dealkylation sites (tertiary alicyclic amines) is 2. The van der Waals surface area contributed by atoms with E-state index in [2.05, 4.69) is 10.2 Å². The van der Waals surface area contributed by atoms with Crippen LogP contribution < -0.4 is 0 Å². The van der Waals surface area contributed by atoms with Crippen LogP contribution in [0.2, 0.25) is 0 Å². The predicted octanol–water partition coefficient (Wildman–Crippen LogP) is 1.13. The van der Waals surface area contributed by atoms with E-state index < -0.39 is 0 Å². The molecule has 3 heterocycles. The van der Waals surface area contributed by atoms with Crippen LogP contribution in [-0.2, 0) is 9.59 Å². The zero-order valence-corrected chi connectivity index (χ0v) is 12.7. The van der Waals surface area contributed by atoms with Crippen molar-refractivity contribution < 1.29 is 9.59 Å². The number of aromatic nitrogens is 2. The Balaban J connectivity index is 1.41. The van der Waals surface area contributed by atoms with Gasteiger partial charge in [-0.25, -0.2) is 0 Å². The number of nitrogens with one attached hydrogen (secondary N) is 1. The number of amides is 2. The summed E-state index contributed by atoms with van der Waals surface area (Å²) in [7, 11) is 0. The molecule has 3 fully saturated rings. The van der Waals surface area contributed by atoms with Crippen LogP contribution in [0.5, 0.6) is 0 Å². The Bertz CT molecular complexity index is 567. The molecule has 0 unspecified atom stereocenters. The second-order valence-corrected chi connectivity index (χ2v) is 6.81. The number of H-pyrrole nitrogens is 1. The van der Waals surface area contributed by atoms with E-state index in [0.717, 1.165) is 44.5 Å². The van der Waals surface area contributed by atoms with E-state index in [0.29, 0.717) is 24.9 Å². The van der Waals surface area contributed by atoms with Gasteiger partial charge in [0, 0.05) is 49.9 Å². The fourth-order valence-electron chi connectivity index (χ4n) is 3.82. The van der Waals surface area contributed by atoms with Gasteiger partial charge in [-0.15, -0.1) is 0 Å². The third-order valence-electron chi connectivity index (χ3n) is 5.19. The largest absolute Gasteiger partial charge is 0.342 e. The van der Waals surface area contributed by atoms with Crippen molar-refractivity contribution in [1.82, 2.24) is 20.0 Å². The number of carbonyl (C=O) groups is 2. The van der Waals surface area contributed by atoms with E-state index in [9.17, 15) is 9.59 Å². The Hall–Kier alpha value is -1.85. The molecule has 6 nitrogen and oxygen atoms in total. The van der Waals surface area contributed by atoms with Gasteiger partial charge in [0.2, 0.25) is 11.8 Å². The van der Waals surface area contributed by atoms with E-state index >= 15 is 0 Å². The fourth-order valence-corrected chi connectivity index (χ4v) is 3.82. The van der Waals surface area contributed by atoms with E-state index in [4.69, 9.17) is 0 Å². The number of piperidine rings is 1. The van der Waals surface area contributed by atoms with Gasteiger partial charge >= 0.3 is 0 Å². The normalized spacial score (nSPS) is 29.2. The van der Waals surface area contributed by atoms with E-state index in [1.807, 2.05) is 15.9 Å². The van der Waals surface area contributed by atoms with Gasteiger partial charge in [-0.05, 0) is 31.7 Å². The van der Waals surface area contributed by atoms with Gasteiger partial charge in [0.25, 0.3) is 0 Å². The summed E-state index contributed by atoms with van der Waals surface area (Å²) in [5.41, 5.74) is 1.11. The van der Waals surface area contributed by atoms with Gasteiger partial charge in [0.05, 0.1) is 5.92 Å². The van der Waals surface area contributed by atoms with Crippen LogP contribution in [0.3, 0.4) is 0 Å². The molecule has 0 aromatic carbocycles. The molecule has 2 saturated heterocycles. The molecule has 2 atom stereocenters. The number of hydrogen-bond acceptors (Lipinski definition) is 3. The summed E-state index contributed by atoms with van der Waals surface area (Å²) in [6.45, 7) is 2.19. The van der Waals surface area contributed by atoms with Crippen LogP contribution in [0, 0.1) is 5.92 Å². The van der Waals surface area contributed by atoms with E-state index in [1.165, 1.54) is 0 Å². The van der Waals surface area contributed by atoms with Crippen molar-refractivity contribution in [2.75, 3.05) is 19.6 Å². The van der Waals surface area contributed by atoms with Crippen molar-refractivity contribution in [3.63, 3.8) is 0 Å². The highest BCUT2D eigenvalue weighted by Crippen LogP contribution is 2.34. The molecule has 1 aromatic rings. The van der Waals surface area contributed by atoms with Crippen molar-refractivity contribution in [3.05, 3.63) is 18.0 Å². The lowest BCUT2D eigenvalue weighted by Crippen LogP contribution is -2.43. The van der Waals surface area contributed by atoms with Gasteiger partial charge in [-0.2, -0.15) is 5.10 Å². The first-order valence-corrected chi connectivity index (χ1v) is 8.30. The number of hydrogen-bond donors (Lipinski definition) is 1. The average molecular weight is 302 g/mol. The molecule has 1 saturated carbocycles. The molecule has 22 heavy (non-hydrogen) atoms. The molecule has 1 aromatic heterocycles.